The summed E-state index contributed by atoms with van der Waals surface area (Å²) in [5.41, 5.74) is 0.954. The lowest BCUT2D eigenvalue weighted by Gasteiger charge is -2.19. The Labute approximate surface area is 130 Å². The Kier molecular flexibility index (Phi) is 4.02. The number of halogens is 2. The molecule has 2 aromatic rings. The summed E-state index contributed by atoms with van der Waals surface area (Å²) < 4.78 is 30.5. The number of carbonyl (C=O) groups is 1. The van der Waals surface area contributed by atoms with Gasteiger partial charge >= 0.3 is 0 Å². The van der Waals surface area contributed by atoms with Crippen LogP contribution in [0.3, 0.4) is 0 Å². The fourth-order valence-electron chi connectivity index (χ4n) is 2.53. The minimum absolute atomic E-state index is 0.0848. The molecule has 0 aliphatic carbocycles. The summed E-state index contributed by atoms with van der Waals surface area (Å²) in [7, 11) is 0. The molecule has 2 heterocycles. The summed E-state index contributed by atoms with van der Waals surface area (Å²) in [6.45, 7) is 2.82. The Morgan fingerprint density at radius 1 is 1.45 bits per heavy atom. The van der Waals surface area contributed by atoms with E-state index in [4.69, 9.17) is 0 Å². The lowest BCUT2D eigenvalue weighted by Crippen LogP contribution is -2.37. The highest BCUT2D eigenvalue weighted by Gasteiger charge is 2.27. The molecule has 1 aromatic carbocycles. The van der Waals surface area contributed by atoms with Crippen molar-refractivity contribution in [1.29, 1.82) is 0 Å². The van der Waals surface area contributed by atoms with Crippen molar-refractivity contribution in [1.82, 2.24) is 14.9 Å². The average Bonchev–Trinajstić information content (AvgIpc) is 3.08. The highest BCUT2D eigenvalue weighted by atomic mass is 32.1. The van der Waals surface area contributed by atoms with E-state index in [0.717, 1.165) is 17.6 Å². The summed E-state index contributed by atoms with van der Waals surface area (Å²) in [4.78, 5) is 14.4. The maximum atomic E-state index is 13.8. The number of nitrogens with zero attached hydrogens (tertiary/aromatic N) is 3. The number of amides is 1. The van der Waals surface area contributed by atoms with Crippen LogP contribution in [0.2, 0.25) is 0 Å². The van der Waals surface area contributed by atoms with E-state index < -0.39 is 11.6 Å². The molecule has 0 radical (unpaired) electrons. The van der Waals surface area contributed by atoms with E-state index in [1.165, 1.54) is 12.1 Å². The number of nitrogens with one attached hydrogen (secondary N) is 1. The van der Waals surface area contributed by atoms with Crippen molar-refractivity contribution in [3.63, 3.8) is 0 Å². The normalized spacial score (nSPS) is 17.8. The second-order valence-electron chi connectivity index (χ2n) is 5.19. The Balaban J connectivity index is 1.65. The summed E-state index contributed by atoms with van der Waals surface area (Å²) in [6.07, 6.45) is 0.702. The van der Waals surface area contributed by atoms with Gasteiger partial charge in [-0.25, -0.2) is 8.78 Å². The second kappa shape index (κ2) is 5.96. The molecule has 22 heavy (non-hydrogen) atoms. The van der Waals surface area contributed by atoms with Crippen LogP contribution in [0.25, 0.3) is 0 Å². The van der Waals surface area contributed by atoms with Crippen molar-refractivity contribution in [3.8, 4) is 0 Å². The third-order valence-corrected chi connectivity index (χ3v) is 4.46. The smallest absolute Gasteiger partial charge is 0.265 e. The predicted octanol–water partition coefficient (Wildman–Crippen LogP) is 2.13. The predicted molar refractivity (Wildman–Crippen MR) is 79.1 cm³/mol. The first-order chi connectivity index (χ1) is 10.5. The number of anilines is 1. The van der Waals surface area contributed by atoms with Crippen molar-refractivity contribution in [2.24, 2.45) is 0 Å². The van der Waals surface area contributed by atoms with Gasteiger partial charge in [0.15, 0.2) is 0 Å². The van der Waals surface area contributed by atoms with E-state index in [1.807, 2.05) is 0 Å². The number of hydrogen-bond acceptors (Lipinski definition) is 5. The van der Waals surface area contributed by atoms with Gasteiger partial charge < -0.3 is 10.2 Å². The topological polar surface area (TPSA) is 58.1 Å². The van der Waals surface area contributed by atoms with Crippen molar-refractivity contribution >= 4 is 23.1 Å². The molecular formula is C14H14F2N4OS. The van der Waals surface area contributed by atoms with Gasteiger partial charge in [-0.05, 0) is 37.0 Å². The molecule has 0 saturated carbocycles. The first-order valence-electron chi connectivity index (χ1n) is 6.84. The van der Waals surface area contributed by atoms with Crippen LogP contribution in [-0.4, -0.2) is 34.6 Å². The van der Waals surface area contributed by atoms with E-state index in [2.05, 4.69) is 14.9 Å². The van der Waals surface area contributed by atoms with Crippen LogP contribution in [-0.2, 0) is 0 Å². The molecule has 5 nitrogen and oxygen atoms in total. The molecule has 1 saturated heterocycles. The fraction of sp³-hybridized carbons (Fsp3) is 0.357. The number of rotatable bonds is 3. The lowest BCUT2D eigenvalue weighted by atomic mass is 10.2. The number of hydrogen-bond donors (Lipinski definition) is 1. The van der Waals surface area contributed by atoms with Gasteiger partial charge in [0, 0.05) is 25.2 Å². The Morgan fingerprint density at radius 2 is 2.27 bits per heavy atom. The number of benzene rings is 1. The number of aryl methyl sites for hydroxylation is 1. The van der Waals surface area contributed by atoms with Gasteiger partial charge in [0.2, 0.25) is 0 Å². The van der Waals surface area contributed by atoms with E-state index in [-0.39, 0.29) is 11.9 Å². The molecule has 1 aliphatic rings. The molecule has 1 N–H and O–H groups in total. The van der Waals surface area contributed by atoms with Crippen molar-refractivity contribution in [2.75, 3.05) is 18.0 Å². The fourth-order valence-corrected chi connectivity index (χ4v) is 3.08. The quantitative estimate of drug-likeness (QED) is 0.940. The second-order valence-corrected chi connectivity index (χ2v) is 5.94. The van der Waals surface area contributed by atoms with Gasteiger partial charge in [0.1, 0.15) is 16.5 Å². The average molecular weight is 324 g/mol. The maximum absolute atomic E-state index is 13.8. The van der Waals surface area contributed by atoms with E-state index in [0.29, 0.717) is 35.8 Å². The molecule has 116 valence electrons. The number of carbonyl (C=O) groups excluding carboxylic acids is 1. The minimum atomic E-state index is -0.599. The van der Waals surface area contributed by atoms with Gasteiger partial charge in [0.05, 0.1) is 11.4 Å². The number of aromatic nitrogens is 2. The van der Waals surface area contributed by atoms with Crippen LogP contribution in [0.5, 0.6) is 0 Å². The highest BCUT2D eigenvalue weighted by molar-refractivity contribution is 7.08. The summed E-state index contributed by atoms with van der Waals surface area (Å²) in [5.74, 6) is -1.40. The maximum Gasteiger partial charge on any atom is 0.265 e. The van der Waals surface area contributed by atoms with Gasteiger partial charge in [-0.15, -0.1) is 5.10 Å². The molecule has 3 rings (SSSR count). The van der Waals surface area contributed by atoms with E-state index in [1.54, 1.807) is 11.8 Å². The Bertz CT molecular complexity index is 706. The summed E-state index contributed by atoms with van der Waals surface area (Å²) >= 11 is 1.05. The van der Waals surface area contributed by atoms with Gasteiger partial charge in [0.25, 0.3) is 5.91 Å². The molecule has 1 unspecified atom stereocenters. The van der Waals surface area contributed by atoms with Crippen molar-refractivity contribution in [2.45, 2.75) is 19.4 Å². The monoisotopic (exact) mass is 324 g/mol. The SMILES string of the molecule is Cc1nnsc1C(=O)NC1CCN(c2ccc(F)cc2F)C1. The summed E-state index contributed by atoms with van der Waals surface area (Å²) in [5, 5.41) is 6.71. The molecule has 1 amide bonds. The van der Waals surface area contributed by atoms with E-state index in [9.17, 15) is 13.6 Å². The first kappa shape index (κ1) is 14.8. The molecular weight excluding hydrogens is 310 g/mol. The third kappa shape index (κ3) is 2.92. The van der Waals surface area contributed by atoms with Crippen LogP contribution in [0.4, 0.5) is 14.5 Å². The lowest BCUT2D eigenvalue weighted by molar-refractivity contribution is 0.0943. The highest BCUT2D eigenvalue weighted by Crippen LogP contribution is 2.24. The summed E-state index contributed by atoms with van der Waals surface area (Å²) in [6, 6.07) is 3.44. The molecule has 1 fully saturated rings. The Hall–Kier alpha value is -2.09. The van der Waals surface area contributed by atoms with Gasteiger partial charge in [-0.3, -0.25) is 4.79 Å². The zero-order valence-corrected chi connectivity index (χ0v) is 12.7. The minimum Gasteiger partial charge on any atom is -0.367 e. The molecule has 8 heteroatoms. The van der Waals surface area contributed by atoms with Crippen LogP contribution < -0.4 is 10.2 Å². The largest absolute Gasteiger partial charge is 0.367 e. The molecule has 1 aliphatic heterocycles. The van der Waals surface area contributed by atoms with Crippen LogP contribution >= 0.6 is 11.5 Å². The Morgan fingerprint density at radius 3 is 2.95 bits per heavy atom. The van der Waals surface area contributed by atoms with Gasteiger partial charge in [-0.1, -0.05) is 4.49 Å². The first-order valence-corrected chi connectivity index (χ1v) is 7.62. The van der Waals surface area contributed by atoms with Gasteiger partial charge in [-0.2, -0.15) is 0 Å². The molecule has 0 bridgehead atoms. The molecule has 1 aromatic heterocycles. The van der Waals surface area contributed by atoms with Crippen LogP contribution in [0, 0.1) is 18.6 Å². The molecule has 1 atom stereocenters. The van der Waals surface area contributed by atoms with Crippen LogP contribution in [0.1, 0.15) is 21.8 Å². The van der Waals surface area contributed by atoms with Crippen molar-refractivity contribution in [3.05, 3.63) is 40.4 Å². The van der Waals surface area contributed by atoms with Crippen molar-refractivity contribution < 1.29 is 13.6 Å². The third-order valence-electron chi connectivity index (χ3n) is 3.63. The van der Waals surface area contributed by atoms with E-state index >= 15 is 0 Å². The molecule has 0 spiro atoms. The zero-order valence-electron chi connectivity index (χ0n) is 11.8. The van der Waals surface area contributed by atoms with Crippen LogP contribution in [0.15, 0.2) is 18.2 Å². The zero-order chi connectivity index (χ0) is 15.7. The standard InChI is InChI=1S/C14H14F2N4OS/c1-8-13(22-19-18-8)14(21)17-10-4-5-20(7-10)12-3-2-9(15)6-11(12)16/h2-3,6,10H,4-5,7H2,1H3,(H,17,21).